The molecule has 0 aliphatic carbocycles. The fourth-order valence-electron chi connectivity index (χ4n) is 1.75. The summed E-state index contributed by atoms with van der Waals surface area (Å²) in [4.78, 5) is 2.19. The van der Waals surface area contributed by atoms with Gasteiger partial charge in [-0.2, -0.15) is 0 Å². The van der Waals surface area contributed by atoms with Crippen LogP contribution in [0.5, 0.6) is 0 Å². The van der Waals surface area contributed by atoms with Crippen LogP contribution in [0.4, 0.5) is 0 Å². The Morgan fingerprint density at radius 1 is 1.56 bits per heavy atom. The Bertz CT molecular complexity index is 362. The molecule has 1 aromatic heterocycles. The standard InChI is InChI=1S/C13H20N2O/c1-4-6-15(7-5-2)10-13-8-12(9-14)11(3)16-13/h1,8H,5-7,9-10,14H2,2-3H3. The summed E-state index contributed by atoms with van der Waals surface area (Å²) < 4.78 is 5.64. The third-order valence-corrected chi connectivity index (χ3v) is 2.53. The highest BCUT2D eigenvalue weighted by Gasteiger charge is 2.09. The molecule has 88 valence electrons. The average molecular weight is 220 g/mol. The lowest BCUT2D eigenvalue weighted by atomic mass is 10.2. The summed E-state index contributed by atoms with van der Waals surface area (Å²) in [5.74, 6) is 4.53. The summed E-state index contributed by atoms with van der Waals surface area (Å²) in [6.45, 7) is 7.02. The summed E-state index contributed by atoms with van der Waals surface area (Å²) in [5.41, 5.74) is 6.68. The lowest BCUT2D eigenvalue weighted by Crippen LogP contribution is -2.24. The number of nitrogens with two attached hydrogens (primary N) is 1. The SMILES string of the molecule is C#CCN(CCC)Cc1cc(CN)c(C)o1. The number of terminal acetylenes is 1. The van der Waals surface area contributed by atoms with Gasteiger partial charge in [-0.05, 0) is 26.0 Å². The van der Waals surface area contributed by atoms with Crippen LogP contribution in [0.3, 0.4) is 0 Å². The smallest absolute Gasteiger partial charge is 0.118 e. The van der Waals surface area contributed by atoms with E-state index in [9.17, 15) is 0 Å². The van der Waals surface area contributed by atoms with Gasteiger partial charge in [0.25, 0.3) is 0 Å². The molecule has 0 amide bonds. The lowest BCUT2D eigenvalue weighted by Gasteiger charge is -2.16. The van der Waals surface area contributed by atoms with Crippen molar-refractivity contribution in [3.63, 3.8) is 0 Å². The summed E-state index contributed by atoms with van der Waals surface area (Å²) in [6.07, 6.45) is 6.42. The molecule has 0 radical (unpaired) electrons. The van der Waals surface area contributed by atoms with Crippen LogP contribution in [0.25, 0.3) is 0 Å². The molecule has 0 spiro atoms. The van der Waals surface area contributed by atoms with E-state index in [4.69, 9.17) is 16.6 Å². The Balaban J connectivity index is 2.66. The topological polar surface area (TPSA) is 42.4 Å². The van der Waals surface area contributed by atoms with Gasteiger partial charge in [-0.15, -0.1) is 6.42 Å². The van der Waals surface area contributed by atoms with Crippen molar-refractivity contribution in [2.24, 2.45) is 5.73 Å². The molecule has 1 heterocycles. The van der Waals surface area contributed by atoms with Gasteiger partial charge in [0.15, 0.2) is 0 Å². The van der Waals surface area contributed by atoms with Crippen molar-refractivity contribution in [3.8, 4) is 12.3 Å². The summed E-state index contributed by atoms with van der Waals surface area (Å²) >= 11 is 0. The summed E-state index contributed by atoms with van der Waals surface area (Å²) in [5, 5.41) is 0. The highest BCUT2D eigenvalue weighted by Crippen LogP contribution is 2.15. The second-order valence-electron chi connectivity index (χ2n) is 3.91. The zero-order valence-corrected chi connectivity index (χ0v) is 10.1. The number of aryl methyl sites for hydroxylation is 1. The molecule has 0 atom stereocenters. The van der Waals surface area contributed by atoms with Gasteiger partial charge >= 0.3 is 0 Å². The van der Waals surface area contributed by atoms with Crippen molar-refractivity contribution in [1.29, 1.82) is 0 Å². The maximum atomic E-state index is 5.64. The molecule has 0 fully saturated rings. The molecule has 16 heavy (non-hydrogen) atoms. The van der Waals surface area contributed by atoms with Crippen LogP contribution in [0.2, 0.25) is 0 Å². The van der Waals surface area contributed by atoms with Gasteiger partial charge in [0.05, 0.1) is 13.1 Å². The number of furan rings is 1. The number of hydrogen-bond donors (Lipinski definition) is 1. The molecule has 0 saturated carbocycles. The maximum Gasteiger partial charge on any atom is 0.118 e. The van der Waals surface area contributed by atoms with Crippen molar-refractivity contribution in [2.45, 2.75) is 33.4 Å². The van der Waals surface area contributed by atoms with Crippen LogP contribution >= 0.6 is 0 Å². The first-order valence-electron chi connectivity index (χ1n) is 5.65. The van der Waals surface area contributed by atoms with Gasteiger partial charge in [-0.3, -0.25) is 4.90 Å². The van der Waals surface area contributed by atoms with Gasteiger partial charge in [0.2, 0.25) is 0 Å². The van der Waals surface area contributed by atoms with E-state index in [2.05, 4.69) is 17.7 Å². The minimum atomic E-state index is 0.526. The third-order valence-electron chi connectivity index (χ3n) is 2.53. The van der Waals surface area contributed by atoms with Gasteiger partial charge in [-0.25, -0.2) is 0 Å². The molecule has 0 aliphatic heterocycles. The first kappa shape index (κ1) is 12.8. The minimum Gasteiger partial charge on any atom is -0.465 e. The number of nitrogens with zero attached hydrogens (tertiary/aromatic N) is 1. The average Bonchev–Trinajstić information content (AvgIpc) is 2.59. The molecular formula is C13H20N2O. The molecule has 2 N–H and O–H groups in total. The van der Waals surface area contributed by atoms with Crippen molar-refractivity contribution in [2.75, 3.05) is 13.1 Å². The van der Waals surface area contributed by atoms with E-state index < -0.39 is 0 Å². The summed E-state index contributed by atoms with van der Waals surface area (Å²) in [7, 11) is 0. The highest BCUT2D eigenvalue weighted by molar-refractivity contribution is 5.20. The van der Waals surface area contributed by atoms with Gasteiger partial charge < -0.3 is 10.2 Å². The van der Waals surface area contributed by atoms with Gasteiger partial charge in [-0.1, -0.05) is 12.8 Å². The van der Waals surface area contributed by atoms with Crippen LogP contribution in [0.15, 0.2) is 10.5 Å². The zero-order chi connectivity index (χ0) is 12.0. The largest absolute Gasteiger partial charge is 0.465 e. The Morgan fingerprint density at radius 3 is 2.81 bits per heavy atom. The molecule has 0 saturated heterocycles. The van der Waals surface area contributed by atoms with Gasteiger partial charge in [0, 0.05) is 12.1 Å². The molecule has 0 bridgehead atoms. The van der Waals surface area contributed by atoms with Crippen LogP contribution < -0.4 is 5.73 Å². The predicted octanol–water partition coefficient (Wildman–Crippen LogP) is 1.89. The molecule has 0 aromatic carbocycles. The Hall–Kier alpha value is -1.24. The molecular weight excluding hydrogens is 200 g/mol. The predicted molar refractivity (Wildman–Crippen MR) is 65.7 cm³/mol. The molecule has 1 rings (SSSR count). The lowest BCUT2D eigenvalue weighted by molar-refractivity contribution is 0.270. The van der Waals surface area contributed by atoms with Crippen LogP contribution in [0.1, 0.15) is 30.4 Å². The minimum absolute atomic E-state index is 0.526. The van der Waals surface area contributed by atoms with E-state index in [1.807, 2.05) is 13.0 Å². The molecule has 3 heteroatoms. The van der Waals surface area contributed by atoms with Crippen LogP contribution in [-0.4, -0.2) is 18.0 Å². The number of hydrogen-bond acceptors (Lipinski definition) is 3. The van der Waals surface area contributed by atoms with Gasteiger partial charge in [0.1, 0.15) is 11.5 Å². The Labute approximate surface area is 97.6 Å². The van der Waals surface area contributed by atoms with E-state index >= 15 is 0 Å². The molecule has 0 unspecified atom stereocenters. The summed E-state index contributed by atoms with van der Waals surface area (Å²) in [6, 6.07) is 2.02. The van der Waals surface area contributed by atoms with Crippen LogP contribution in [0, 0.1) is 19.3 Å². The van der Waals surface area contributed by atoms with Crippen molar-refractivity contribution >= 4 is 0 Å². The van der Waals surface area contributed by atoms with E-state index in [0.717, 1.165) is 36.6 Å². The Kier molecular flexibility index (Phi) is 5.10. The fraction of sp³-hybridized carbons (Fsp3) is 0.538. The van der Waals surface area contributed by atoms with E-state index in [-0.39, 0.29) is 0 Å². The quantitative estimate of drug-likeness (QED) is 0.744. The fourth-order valence-corrected chi connectivity index (χ4v) is 1.75. The monoisotopic (exact) mass is 220 g/mol. The second-order valence-corrected chi connectivity index (χ2v) is 3.91. The van der Waals surface area contributed by atoms with Crippen molar-refractivity contribution in [3.05, 3.63) is 23.2 Å². The van der Waals surface area contributed by atoms with E-state index in [1.54, 1.807) is 0 Å². The van der Waals surface area contributed by atoms with Crippen molar-refractivity contribution < 1.29 is 4.42 Å². The molecule has 3 nitrogen and oxygen atoms in total. The normalized spacial score (nSPS) is 10.7. The zero-order valence-electron chi connectivity index (χ0n) is 10.1. The van der Waals surface area contributed by atoms with E-state index in [1.165, 1.54) is 0 Å². The highest BCUT2D eigenvalue weighted by atomic mass is 16.3. The van der Waals surface area contributed by atoms with E-state index in [0.29, 0.717) is 13.1 Å². The maximum absolute atomic E-state index is 5.64. The molecule has 1 aromatic rings. The second kappa shape index (κ2) is 6.37. The van der Waals surface area contributed by atoms with Crippen molar-refractivity contribution in [1.82, 2.24) is 4.90 Å². The molecule has 0 aliphatic rings. The first-order chi connectivity index (χ1) is 7.71. The Morgan fingerprint density at radius 2 is 2.31 bits per heavy atom. The van der Waals surface area contributed by atoms with Crippen LogP contribution in [-0.2, 0) is 13.1 Å². The third kappa shape index (κ3) is 3.41. The first-order valence-corrected chi connectivity index (χ1v) is 5.65. The number of rotatable bonds is 6.